The van der Waals surface area contributed by atoms with E-state index in [1.807, 2.05) is 0 Å². The predicted molar refractivity (Wildman–Crippen MR) is 57.0 cm³/mol. The number of hydrogen-bond donors (Lipinski definition) is 1. The van der Waals surface area contributed by atoms with Crippen LogP contribution in [0.1, 0.15) is 12.8 Å². The predicted octanol–water partition coefficient (Wildman–Crippen LogP) is 0.189. The number of rotatable bonds is 1. The zero-order valence-corrected chi connectivity index (χ0v) is 9.78. The monoisotopic (exact) mass is 241 g/mol. The van der Waals surface area contributed by atoms with Crippen molar-refractivity contribution < 1.29 is 13.5 Å². The minimum absolute atomic E-state index is 0.0807. The molecule has 4 atom stereocenters. The van der Waals surface area contributed by atoms with Crippen LogP contribution in [0.2, 0.25) is 0 Å². The zero-order chi connectivity index (χ0) is 11.6. The zero-order valence-electron chi connectivity index (χ0n) is 8.96. The third-order valence-electron chi connectivity index (χ3n) is 4.89. The molecule has 4 nitrogen and oxygen atoms in total. The molecule has 88 valence electrons. The summed E-state index contributed by atoms with van der Waals surface area (Å²) < 4.78 is 23.0. The smallest absolute Gasteiger partial charge is 0.150 e. The molecular weight excluding hydrogens is 226 g/mol. The Balaban J connectivity index is 1.83. The normalized spacial score (nSPS) is 46.5. The number of aliphatic hydroxyl groups is 1. The van der Waals surface area contributed by atoms with Gasteiger partial charge in [0.2, 0.25) is 0 Å². The highest BCUT2D eigenvalue weighted by Crippen LogP contribution is 2.63. The Morgan fingerprint density at radius 1 is 1.19 bits per heavy atom. The van der Waals surface area contributed by atoms with Crippen molar-refractivity contribution in [2.75, 3.05) is 18.1 Å². The van der Waals surface area contributed by atoms with Crippen molar-refractivity contribution in [2.45, 2.75) is 12.8 Å². The Bertz CT molecular complexity index is 438. The van der Waals surface area contributed by atoms with E-state index in [4.69, 9.17) is 5.26 Å². The average molecular weight is 241 g/mol. The van der Waals surface area contributed by atoms with Crippen LogP contribution in [-0.4, -0.2) is 31.6 Å². The Morgan fingerprint density at radius 3 is 2.06 bits per heavy atom. The van der Waals surface area contributed by atoms with Gasteiger partial charge in [0.1, 0.15) is 0 Å². The maximum Gasteiger partial charge on any atom is 0.150 e. The van der Waals surface area contributed by atoms with Crippen LogP contribution in [0.3, 0.4) is 0 Å². The lowest BCUT2D eigenvalue weighted by Gasteiger charge is -2.43. The number of aliphatic hydroxyl groups excluding tert-OH is 1. The summed E-state index contributed by atoms with van der Waals surface area (Å²) in [6.45, 7) is -0.0807. The van der Waals surface area contributed by atoms with Gasteiger partial charge in [0.15, 0.2) is 9.84 Å². The molecule has 0 aromatic heterocycles. The summed E-state index contributed by atoms with van der Waals surface area (Å²) >= 11 is 0. The van der Waals surface area contributed by atoms with Gasteiger partial charge in [0.05, 0.1) is 29.6 Å². The van der Waals surface area contributed by atoms with Gasteiger partial charge in [-0.3, -0.25) is 0 Å². The first-order valence-electron chi connectivity index (χ1n) is 5.73. The lowest BCUT2D eigenvalue weighted by molar-refractivity contribution is 0.0462. The fourth-order valence-electron chi connectivity index (χ4n) is 4.12. The molecule has 0 spiro atoms. The molecule has 1 N–H and O–H groups in total. The highest BCUT2D eigenvalue weighted by Gasteiger charge is 2.63. The molecule has 3 rings (SSSR count). The quantitative estimate of drug-likeness (QED) is 0.711. The first-order chi connectivity index (χ1) is 7.50. The standard InChI is InChI=1S/C11H15NO3S/c12-5-11(6-13)1-7-8(2-11)10-4-16(14,15)3-9(7)10/h7-10,13H,1-4,6H2/t7-,8-,9+,10+/m1/s1. The second-order valence-corrected chi connectivity index (χ2v) is 7.84. The van der Waals surface area contributed by atoms with Crippen molar-refractivity contribution in [3.05, 3.63) is 0 Å². The van der Waals surface area contributed by atoms with Crippen LogP contribution in [0.4, 0.5) is 0 Å². The largest absolute Gasteiger partial charge is 0.395 e. The van der Waals surface area contributed by atoms with E-state index in [0.29, 0.717) is 36.2 Å². The summed E-state index contributed by atoms with van der Waals surface area (Å²) in [5.74, 6) is 1.91. The van der Waals surface area contributed by atoms with Crippen LogP contribution in [0.5, 0.6) is 0 Å². The highest BCUT2D eigenvalue weighted by molar-refractivity contribution is 7.91. The van der Waals surface area contributed by atoms with Gasteiger partial charge in [-0.15, -0.1) is 0 Å². The molecule has 1 saturated heterocycles. The van der Waals surface area contributed by atoms with Gasteiger partial charge in [-0.05, 0) is 36.5 Å². The van der Waals surface area contributed by atoms with Crippen molar-refractivity contribution in [3.8, 4) is 6.07 Å². The van der Waals surface area contributed by atoms with Gasteiger partial charge in [-0.1, -0.05) is 0 Å². The lowest BCUT2D eigenvalue weighted by Crippen LogP contribution is -2.42. The molecule has 3 fully saturated rings. The summed E-state index contributed by atoms with van der Waals surface area (Å²) in [6.07, 6.45) is 1.39. The number of nitrogens with zero attached hydrogens (tertiary/aromatic N) is 1. The van der Waals surface area contributed by atoms with Crippen molar-refractivity contribution in [2.24, 2.45) is 29.1 Å². The van der Waals surface area contributed by atoms with Gasteiger partial charge >= 0.3 is 0 Å². The molecule has 16 heavy (non-hydrogen) atoms. The Labute approximate surface area is 95.2 Å². The summed E-state index contributed by atoms with van der Waals surface area (Å²) in [5, 5.41) is 18.4. The Hall–Kier alpha value is -0.600. The number of fused-ring (bicyclic) bond motifs is 4. The number of hydrogen-bond acceptors (Lipinski definition) is 4. The maximum absolute atomic E-state index is 11.5. The molecule has 0 unspecified atom stereocenters. The molecule has 0 aromatic carbocycles. The molecule has 1 aliphatic heterocycles. The van der Waals surface area contributed by atoms with E-state index < -0.39 is 15.3 Å². The second kappa shape index (κ2) is 2.99. The fourth-order valence-corrected chi connectivity index (χ4v) is 6.42. The van der Waals surface area contributed by atoms with E-state index >= 15 is 0 Å². The second-order valence-electron chi connectivity index (χ2n) is 5.69. The molecule has 3 aliphatic rings. The summed E-state index contributed by atoms with van der Waals surface area (Å²) in [7, 11) is -2.82. The molecule has 0 radical (unpaired) electrons. The van der Waals surface area contributed by atoms with Crippen LogP contribution in [0.25, 0.3) is 0 Å². The van der Waals surface area contributed by atoms with Crippen molar-refractivity contribution in [1.82, 2.24) is 0 Å². The average Bonchev–Trinajstić information content (AvgIpc) is 2.73. The SMILES string of the molecule is N#CC1(CO)C[C@@H]2[C@@H](C1)[C@@H]1CS(=O)(=O)C[C@@H]21. The van der Waals surface area contributed by atoms with Gasteiger partial charge in [0, 0.05) is 0 Å². The number of nitriles is 1. The van der Waals surface area contributed by atoms with Gasteiger partial charge in [0.25, 0.3) is 0 Å². The lowest BCUT2D eigenvalue weighted by atomic mass is 9.60. The summed E-state index contributed by atoms with van der Waals surface area (Å²) in [4.78, 5) is 0. The van der Waals surface area contributed by atoms with Gasteiger partial charge in [-0.2, -0.15) is 5.26 Å². The summed E-state index contributed by atoms with van der Waals surface area (Å²) in [6, 6.07) is 2.24. The third kappa shape index (κ3) is 1.20. The van der Waals surface area contributed by atoms with Crippen molar-refractivity contribution in [1.29, 1.82) is 5.26 Å². The molecule has 0 amide bonds. The third-order valence-corrected chi connectivity index (χ3v) is 6.67. The van der Waals surface area contributed by atoms with E-state index in [2.05, 4.69) is 6.07 Å². The van der Waals surface area contributed by atoms with Crippen molar-refractivity contribution in [3.63, 3.8) is 0 Å². The van der Waals surface area contributed by atoms with Crippen LogP contribution < -0.4 is 0 Å². The molecule has 0 aromatic rings. The first-order valence-corrected chi connectivity index (χ1v) is 7.55. The molecule has 5 heteroatoms. The van der Waals surface area contributed by atoms with Gasteiger partial charge in [-0.25, -0.2) is 8.42 Å². The van der Waals surface area contributed by atoms with Gasteiger partial charge < -0.3 is 5.11 Å². The fraction of sp³-hybridized carbons (Fsp3) is 0.909. The van der Waals surface area contributed by atoms with E-state index in [1.165, 1.54) is 0 Å². The van der Waals surface area contributed by atoms with Crippen LogP contribution >= 0.6 is 0 Å². The summed E-state index contributed by atoms with van der Waals surface area (Å²) in [5.41, 5.74) is -0.580. The van der Waals surface area contributed by atoms with E-state index in [0.717, 1.165) is 0 Å². The molecular formula is C11H15NO3S. The number of sulfone groups is 1. The molecule has 0 bridgehead atoms. The van der Waals surface area contributed by atoms with E-state index in [9.17, 15) is 13.5 Å². The highest BCUT2D eigenvalue weighted by atomic mass is 32.2. The van der Waals surface area contributed by atoms with Crippen molar-refractivity contribution >= 4 is 9.84 Å². The molecule has 2 saturated carbocycles. The topological polar surface area (TPSA) is 78.2 Å². The van der Waals surface area contributed by atoms with Crippen LogP contribution in [0, 0.1) is 40.4 Å². The minimum Gasteiger partial charge on any atom is -0.395 e. The van der Waals surface area contributed by atoms with Crippen LogP contribution in [-0.2, 0) is 9.84 Å². The van der Waals surface area contributed by atoms with E-state index in [-0.39, 0.29) is 18.4 Å². The first kappa shape index (κ1) is 10.5. The molecule has 2 aliphatic carbocycles. The molecule has 1 heterocycles. The van der Waals surface area contributed by atoms with Crippen LogP contribution in [0.15, 0.2) is 0 Å². The minimum atomic E-state index is -2.82. The van der Waals surface area contributed by atoms with E-state index in [1.54, 1.807) is 0 Å². The Kier molecular flexibility index (Phi) is 1.97. The Morgan fingerprint density at radius 2 is 1.69 bits per heavy atom. The maximum atomic E-state index is 11.5.